The average molecular weight is 283 g/mol. The molecule has 1 saturated heterocycles. The molecule has 0 aromatic carbocycles. The molecular weight excluding hydrogens is 262 g/mol. The standard InChI is InChI=1S/C14H21NOS2/c1-13(2,3)18(16)14(15-10-6-7-11-15)9-5-4-8-12(14)17/h4-5,8-9H,6-7,10-11H2,1-3H3/t14-,18-/m0/s1. The summed E-state index contributed by atoms with van der Waals surface area (Å²) >= 11 is 5.55. The highest BCUT2D eigenvalue weighted by Gasteiger charge is 2.48. The molecule has 2 aliphatic rings. The van der Waals surface area contributed by atoms with Crippen LogP contribution in [0, 0.1) is 0 Å². The molecular formula is C14H21NOS2. The lowest BCUT2D eigenvalue weighted by Crippen LogP contribution is -2.58. The fourth-order valence-electron chi connectivity index (χ4n) is 2.58. The monoisotopic (exact) mass is 283 g/mol. The van der Waals surface area contributed by atoms with E-state index in [4.69, 9.17) is 12.2 Å². The van der Waals surface area contributed by atoms with Crippen molar-refractivity contribution in [1.82, 2.24) is 4.90 Å². The first-order chi connectivity index (χ1) is 8.39. The van der Waals surface area contributed by atoms with Crippen LogP contribution in [0.5, 0.6) is 0 Å². The van der Waals surface area contributed by atoms with Crippen LogP contribution in [-0.4, -0.2) is 36.7 Å². The predicted octanol–water partition coefficient (Wildman–Crippen LogP) is 2.82. The van der Waals surface area contributed by atoms with Gasteiger partial charge in [0.25, 0.3) is 0 Å². The summed E-state index contributed by atoms with van der Waals surface area (Å²) < 4.78 is 12.8. The van der Waals surface area contributed by atoms with Crippen LogP contribution in [0.1, 0.15) is 33.6 Å². The molecule has 1 heterocycles. The Morgan fingerprint density at radius 2 is 1.89 bits per heavy atom. The molecule has 2 atom stereocenters. The second kappa shape index (κ2) is 4.99. The van der Waals surface area contributed by atoms with E-state index in [1.54, 1.807) is 0 Å². The molecule has 0 saturated carbocycles. The molecule has 1 aliphatic heterocycles. The molecule has 18 heavy (non-hydrogen) atoms. The minimum absolute atomic E-state index is 0.276. The van der Waals surface area contributed by atoms with Crippen LogP contribution >= 0.6 is 12.2 Å². The summed E-state index contributed by atoms with van der Waals surface area (Å²) in [7, 11) is -1.06. The Kier molecular flexibility index (Phi) is 3.90. The number of hydrogen-bond donors (Lipinski definition) is 0. The van der Waals surface area contributed by atoms with Gasteiger partial charge in [-0.3, -0.25) is 9.11 Å². The molecule has 0 N–H and O–H groups in total. The summed E-state index contributed by atoms with van der Waals surface area (Å²) in [5, 5.41) is 0. The third-order valence-electron chi connectivity index (χ3n) is 3.45. The Hall–Kier alpha value is -0.320. The maximum Gasteiger partial charge on any atom is 0.152 e. The van der Waals surface area contributed by atoms with Gasteiger partial charge in [0.1, 0.15) is 0 Å². The van der Waals surface area contributed by atoms with E-state index in [0.717, 1.165) is 18.0 Å². The van der Waals surface area contributed by atoms with Crippen molar-refractivity contribution in [2.24, 2.45) is 0 Å². The predicted molar refractivity (Wildman–Crippen MR) is 82.3 cm³/mol. The molecule has 0 spiro atoms. The highest BCUT2D eigenvalue weighted by molar-refractivity contribution is 7.91. The van der Waals surface area contributed by atoms with Gasteiger partial charge in [0.15, 0.2) is 4.87 Å². The second-order valence-electron chi connectivity index (χ2n) is 5.85. The molecule has 2 nitrogen and oxygen atoms in total. The summed E-state index contributed by atoms with van der Waals surface area (Å²) in [4.78, 5) is 2.52. The minimum atomic E-state index is -1.06. The SMILES string of the molecule is CC(C)(C)[S@](=O)[C@@]1(N2CCCC2)C=CC=CC1=S. The molecule has 2 rings (SSSR count). The largest absolute Gasteiger partial charge is 0.279 e. The van der Waals surface area contributed by atoms with Gasteiger partial charge >= 0.3 is 0 Å². The van der Waals surface area contributed by atoms with Gasteiger partial charge in [-0.25, -0.2) is 0 Å². The first-order valence-electron chi connectivity index (χ1n) is 6.46. The van der Waals surface area contributed by atoms with E-state index in [-0.39, 0.29) is 4.75 Å². The zero-order valence-electron chi connectivity index (χ0n) is 11.3. The van der Waals surface area contributed by atoms with Gasteiger partial charge in [-0.05, 0) is 45.8 Å². The lowest BCUT2D eigenvalue weighted by atomic mass is 10.1. The Balaban J connectivity index is 2.46. The van der Waals surface area contributed by atoms with Crippen LogP contribution < -0.4 is 0 Å². The van der Waals surface area contributed by atoms with E-state index in [0.29, 0.717) is 0 Å². The summed E-state index contributed by atoms with van der Waals surface area (Å²) in [5.41, 5.74) is 0. The number of hydrogen-bond acceptors (Lipinski definition) is 3. The maximum atomic E-state index is 13.0. The molecule has 0 amide bonds. The molecule has 100 valence electrons. The van der Waals surface area contributed by atoms with Crippen molar-refractivity contribution in [2.75, 3.05) is 13.1 Å². The average Bonchev–Trinajstić information content (AvgIpc) is 2.82. The number of nitrogens with zero attached hydrogens (tertiary/aromatic N) is 1. The molecule has 0 radical (unpaired) electrons. The van der Waals surface area contributed by atoms with E-state index in [2.05, 4.69) is 4.90 Å². The highest BCUT2D eigenvalue weighted by atomic mass is 32.2. The number of rotatable bonds is 2. The second-order valence-corrected chi connectivity index (χ2v) is 8.68. The van der Waals surface area contributed by atoms with E-state index in [9.17, 15) is 4.21 Å². The summed E-state index contributed by atoms with van der Waals surface area (Å²) in [6.07, 6.45) is 10.2. The maximum absolute atomic E-state index is 13.0. The first kappa shape index (κ1) is 14.1. The highest BCUT2D eigenvalue weighted by Crippen LogP contribution is 2.36. The van der Waals surface area contributed by atoms with Crippen molar-refractivity contribution in [1.29, 1.82) is 0 Å². The summed E-state index contributed by atoms with van der Waals surface area (Å²) in [5.74, 6) is 0. The van der Waals surface area contributed by atoms with Gasteiger partial charge in [-0.1, -0.05) is 24.4 Å². The molecule has 1 fully saturated rings. The van der Waals surface area contributed by atoms with E-state index < -0.39 is 15.7 Å². The fourth-order valence-corrected chi connectivity index (χ4v) is 4.88. The van der Waals surface area contributed by atoms with Crippen molar-refractivity contribution >= 4 is 27.9 Å². The van der Waals surface area contributed by atoms with Crippen molar-refractivity contribution in [3.63, 3.8) is 0 Å². The van der Waals surface area contributed by atoms with Crippen LogP contribution in [0.15, 0.2) is 24.3 Å². The Morgan fingerprint density at radius 3 is 2.39 bits per heavy atom. The Bertz CT molecular complexity index is 428. The Morgan fingerprint density at radius 1 is 1.28 bits per heavy atom. The lowest BCUT2D eigenvalue weighted by Gasteiger charge is -2.43. The van der Waals surface area contributed by atoms with Gasteiger partial charge in [-0.2, -0.15) is 0 Å². The van der Waals surface area contributed by atoms with E-state index >= 15 is 0 Å². The third-order valence-corrected chi connectivity index (χ3v) is 6.32. The Labute approximate surface area is 118 Å². The van der Waals surface area contributed by atoms with Crippen LogP contribution in [0.2, 0.25) is 0 Å². The van der Waals surface area contributed by atoms with E-state index in [1.807, 2.05) is 45.1 Å². The topological polar surface area (TPSA) is 20.3 Å². The number of thiocarbonyl (C=S) groups is 1. The van der Waals surface area contributed by atoms with Crippen LogP contribution in [0.25, 0.3) is 0 Å². The lowest BCUT2D eigenvalue weighted by molar-refractivity contribution is 0.304. The fraction of sp³-hybridized carbons (Fsp3) is 0.643. The van der Waals surface area contributed by atoms with Gasteiger partial charge in [0, 0.05) is 17.8 Å². The minimum Gasteiger partial charge on any atom is -0.279 e. The van der Waals surface area contributed by atoms with Gasteiger partial charge < -0.3 is 0 Å². The van der Waals surface area contributed by atoms with Gasteiger partial charge in [0.05, 0.1) is 15.7 Å². The molecule has 1 aliphatic carbocycles. The molecule has 0 aromatic rings. The quantitative estimate of drug-likeness (QED) is 0.727. The number of likely N-dealkylation sites (tertiary alicyclic amines) is 1. The van der Waals surface area contributed by atoms with Crippen molar-refractivity contribution < 1.29 is 4.21 Å². The van der Waals surface area contributed by atoms with Crippen LogP contribution in [0.3, 0.4) is 0 Å². The smallest absolute Gasteiger partial charge is 0.152 e. The van der Waals surface area contributed by atoms with Crippen LogP contribution in [0.4, 0.5) is 0 Å². The normalized spacial score (nSPS) is 30.9. The first-order valence-corrected chi connectivity index (χ1v) is 8.02. The van der Waals surface area contributed by atoms with Crippen molar-refractivity contribution in [3.8, 4) is 0 Å². The summed E-state index contributed by atoms with van der Waals surface area (Å²) in [6, 6.07) is 0. The molecule has 0 aromatic heterocycles. The van der Waals surface area contributed by atoms with Crippen molar-refractivity contribution in [2.45, 2.75) is 43.2 Å². The zero-order chi connectivity index (χ0) is 13.4. The van der Waals surface area contributed by atoms with Gasteiger partial charge in [-0.15, -0.1) is 0 Å². The molecule has 4 heteroatoms. The summed E-state index contributed by atoms with van der Waals surface area (Å²) in [6.45, 7) is 8.04. The van der Waals surface area contributed by atoms with Crippen LogP contribution in [-0.2, 0) is 10.8 Å². The zero-order valence-corrected chi connectivity index (χ0v) is 12.9. The van der Waals surface area contributed by atoms with Gasteiger partial charge in [0.2, 0.25) is 0 Å². The van der Waals surface area contributed by atoms with Crippen molar-refractivity contribution in [3.05, 3.63) is 24.3 Å². The number of allylic oxidation sites excluding steroid dienone is 2. The molecule has 0 unspecified atom stereocenters. The third kappa shape index (κ3) is 2.26. The molecule has 0 bridgehead atoms. The van der Waals surface area contributed by atoms with E-state index in [1.165, 1.54) is 12.8 Å².